The van der Waals surface area contributed by atoms with Gasteiger partial charge < -0.3 is 19.8 Å². The minimum absolute atomic E-state index is 0.190. The highest BCUT2D eigenvalue weighted by Gasteiger charge is 2.43. The molecule has 0 radical (unpaired) electrons. The van der Waals surface area contributed by atoms with Crippen molar-refractivity contribution in [2.45, 2.75) is 25.4 Å². The van der Waals surface area contributed by atoms with Gasteiger partial charge in [-0.25, -0.2) is 0 Å². The monoisotopic (exact) mass is 375 g/mol. The van der Waals surface area contributed by atoms with Crippen LogP contribution >= 0.6 is 23.2 Å². The molecule has 0 unspecified atom stereocenters. The van der Waals surface area contributed by atoms with Crippen LogP contribution in [0, 0.1) is 5.41 Å². The van der Waals surface area contributed by atoms with Crippen molar-refractivity contribution in [1.82, 2.24) is 4.90 Å². The van der Waals surface area contributed by atoms with E-state index < -0.39 is 11.5 Å². The number of likely N-dealkylation sites (tertiary alicyclic amines) is 1. The standard InChI is InChI=1S/C17H23Cl2NO4/c1-24-9-3-7-17(11-21)10-20(8-6-14(17)22)16(23)12-4-2-5-13(18)15(12)19/h2,4-5,14,21-22H,3,6-11H2,1H3/t14-,17+/m1/s1. The van der Waals surface area contributed by atoms with Gasteiger partial charge >= 0.3 is 0 Å². The topological polar surface area (TPSA) is 70.0 Å². The van der Waals surface area contributed by atoms with E-state index >= 15 is 0 Å². The molecule has 0 aromatic heterocycles. The summed E-state index contributed by atoms with van der Waals surface area (Å²) in [5.74, 6) is -0.237. The summed E-state index contributed by atoms with van der Waals surface area (Å²) < 4.78 is 5.05. The van der Waals surface area contributed by atoms with Crippen LogP contribution in [-0.2, 0) is 4.74 Å². The normalized spacial score (nSPS) is 24.2. The Morgan fingerprint density at radius 1 is 1.46 bits per heavy atom. The number of piperidine rings is 1. The predicted molar refractivity (Wildman–Crippen MR) is 93.6 cm³/mol. The first-order valence-corrected chi connectivity index (χ1v) is 8.72. The van der Waals surface area contributed by atoms with Crippen LogP contribution < -0.4 is 0 Å². The van der Waals surface area contributed by atoms with Crippen molar-refractivity contribution < 1.29 is 19.7 Å². The van der Waals surface area contributed by atoms with E-state index in [4.69, 9.17) is 27.9 Å². The number of benzene rings is 1. The van der Waals surface area contributed by atoms with Crippen LogP contribution in [0.2, 0.25) is 10.0 Å². The predicted octanol–water partition coefficient (Wildman–Crippen LogP) is 2.61. The Balaban J connectivity index is 2.19. The first-order valence-electron chi connectivity index (χ1n) is 7.96. The summed E-state index contributed by atoms with van der Waals surface area (Å²) in [6.07, 6.45) is 1.04. The Kier molecular flexibility index (Phi) is 6.89. The Morgan fingerprint density at radius 2 is 2.21 bits per heavy atom. The summed E-state index contributed by atoms with van der Waals surface area (Å²) >= 11 is 12.1. The number of carbonyl (C=O) groups is 1. The van der Waals surface area contributed by atoms with E-state index in [-0.39, 0.29) is 24.1 Å². The fourth-order valence-corrected chi connectivity index (χ4v) is 3.59. The molecule has 1 amide bonds. The Morgan fingerprint density at radius 3 is 2.88 bits per heavy atom. The van der Waals surface area contributed by atoms with Crippen molar-refractivity contribution in [1.29, 1.82) is 0 Å². The van der Waals surface area contributed by atoms with Crippen LogP contribution in [0.25, 0.3) is 0 Å². The quantitative estimate of drug-likeness (QED) is 0.749. The molecule has 1 aromatic rings. The van der Waals surface area contributed by atoms with Crippen LogP contribution in [0.15, 0.2) is 18.2 Å². The van der Waals surface area contributed by atoms with E-state index in [1.807, 2.05) is 0 Å². The molecule has 24 heavy (non-hydrogen) atoms. The molecule has 1 saturated heterocycles. The number of methoxy groups -OCH3 is 1. The lowest BCUT2D eigenvalue weighted by molar-refractivity contribution is -0.0745. The minimum Gasteiger partial charge on any atom is -0.396 e. The van der Waals surface area contributed by atoms with E-state index in [0.717, 1.165) is 0 Å². The second-order valence-corrected chi connectivity index (χ2v) is 7.03. The number of hydrogen-bond donors (Lipinski definition) is 2. The molecule has 2 N–H and O–H groups in total. The summed E-state index contributed by atoms with van der Waals surface area (Å²) in [4.78, 5) is 14.4. The average molecular weight is 376 g/mol. The second kappa shape index (κ2) is 8.50. The van der Waals surface area contributed by atoms with Crippen molar-refractivity contribution >= 4 is 29.1 Å². The van der Waals surface area contributed by atoms with Gasteiger partial charge in [0.2, 0.25) is 0 Å². The molecule has 2 rings (SSSR count). The summed E-state index contributed by atoms with van der Waals surface area (Å²) in [7, 11) is 1.61. The SMILES string of the molecule is COCCC[C@@]1(CO)CN(C(=O)c2cccc(Cl)c2Cl)CC[C@H]1O. The van der Waals surface area contributed by atoms with Gasteiger partial charge in [-0.2, -0.15) is 0 Å². The number of ether oxygens (including phenoxy) is 1. The molecule has 0 aliphatic carbocycles. The Labute approximate surface area is 152 Å². The number of halogens is 2. The number of nitrogens with zero attached hydrogens (tertiary/aromatic N) is 1. The van der Waals surface area contributed by atoms with Crippen molar-refractivity contribution in [3.8, 4) is 0 Å². The van der Waals surface area contributed by atoms with Gasteiger partial charge in [0.1, 0.15) is 0 Å². The molecule has 134 valence electrons. The third kappa shape index (κ3) is 4.03. The lowest BCUT2D eigenvalue weighted by atomic mass is 9.74. The average Bonchev–Trinajstić information content (AvgIpc) is 2.58. The Bertz CT molecular complexity index is 584. The van der Waals surface area contributed by atoms with Gasteiger partial charge in [-0.1, -0.05) is 29.3 Å². The van der Waals surface area contributed by atoms with Gasteiger partial charge in [0.15, 0.2) is 0 Å². The van der Waals surface area contributed by atoms with Gasteiger partial charge in [-0.3, -0.25) is 4.79 Å². The molecule has 0 bridgehead atoms. The number of carbonyl (C=O) groups excluding carboxylic acids is 1. The van der Waals surface area contributed by atoms with Crippen molar-refractivity contribution in [3.63, 3.8) is 0 Å². The van der Waals surface area contributed by atoms with Crippen LogP contribution in [0.3, 0.4) is 0 Å². The van der Waals surface area contributed by atoms with Gasteiger partial charge in [0, 0.05) is 32.2 Å². The molecule has 0 spiro atoms. The summed E-state index contributed by atoms with van der Waals surface area (Å²) in [5, 5.41) is 20.8. The molecule has 1 fully saturated rings. The summed E-state index contributed by atoms with van der Waals surface area (Å²) in [6.45, 7) is 1.04. The largest absolute Gasteiger partial charge is 0.396 e. The second-order valence-electron chi connectivity index (χ2n) is 6.25. The fraction of sp³-hybridized carbons (Fsp3) is 0.588. The van der Waals surface area contributed by atoms with E-state index in [0.29, 0.717) is 43.0 Å². The zero-order valence-corrected chi connectivity index (χ0v) is 15.2. The van der Waals surface area contributed by atoms with Gasteiger partial charge in [0.05, 0.1) is 28.3 Å². The number of aliphatic hydroxyl groups excluding tert-OH is 2. The highest BCUT2D eigenvalue weighted by Crippen LogP contribution is 2.36. The van der Waals surface area contributed by atoms with Gasteiger partial charge in [-0.05, 0) is 31.4 Å². The minimum atomic E-state index is -0.739. The highest BCUT2D eigenvalue weighted by molar-refractivity contribution is 6.43. The maximum absolute atomic E-state index is 12.8. The van der Waals surface area contributed by atoms with Crippen LogP contribution in [0.5, 0.6) is 0 Å². The number of amides is 1. The van der Waals surface area contributed by atoms with Crippen LogP contribution in [0.1, 0.15) is 29.6 Å². The molecule has 2 atom stereocenters. The molecular formula is C17H23Cl2NO4. The number of rotatable bonds is 6. The molecule has 7 heteroatoms. The molecule has 1 aliphatic heterocycles. The van der Waals surface area contributed by atoms with Crippen LogP contribution in [-0.4, -0.2) is 60.5 Å². The highest BCUT2D eigenvalue weighted by atomic mass is 35.5. The smallest absolute Gasteiger partial charge is 0.255 e. The zero-order chi connectivity index (χ0) is 17.7. The molecule has 1 aliphatic rings. The van der Waals surface area contributed by atoms with E-state index in [9.17, 15) is 15.0 Å². The summed E-state index contributed by atoms with van der Waals surface area (Å²) in [6, 6.07) is 4.94. The first-order chi connectivity index (χ1) is 11.4. The van der Waals surface area contributed by atoms with Crippen LogP contribution in [0.4, 0.5) is 0 Å². The lowest BCUT2D eigenvalue weighted by Crippen LogP contribution is -2.55. The maximum Gasteiger partial charge on any atom is 0.255 e. The molecule has 0 saturated carbocycles. The molecular weight excluding hydrogens is 353 g/mol. The van der Waals surface area contributed by atoms with Gasteiger partial charge in [-0.15, -0.1) is 0 Å². The summed E-state index contributed by atoms with van der Waals surface area (Å²) in [5.41, 5.74) is -0.401. The third-order valence-corrected chi connectivity index (χ3v) is 5.51. The first kappa shape index (κ1) is 19.5. The van der Waals surface area contributed by atoms with Crippen molar-refractivity contribution in [2.24, 2.45) is 5.41 Å². The Hall–Kier alpha value is -0.850. The van der Waals surface area contributed by atoms with Crippen molar-refractivity contribution in [2.75, 3.05) is 33.4 Å². The van der Waals surface area contributed by atoms with E-state index in [1.165, 1.54) is 0 Å². The number of aliphatic hydroxyl groups is 2. The molecule has 5 nitrogen and oxygen atoms in total. The van der Waals surface area contributed by atoms with Gasteiger partial charge in [0.25, 0.3) is 5.91 Å². The number of hydrogen-bond acceptors (Lipinski definition) is 4. The lowest BCUT2D eigenvalue weighted by Gasteiger charge is -2.45. The van der Waals surface area contributed by atoms with E-state index in [2.05, 4.69) is 0 Å². The van der Waals surface area contributed by atoms with E-state index in [1.54, 1.807) is 30.2 Å². The maximum atomic E-state index is 12.8. The third-order valence-electron chi connectivity index (χ3n) is 4.69. The fourth-order valence-electron chi connectivity index (χ4n) is 3.21. The molecule has 1 aromatic carbocycles. The van der Waals surface area contributed by atoms with Crippen molar-refractivity contribution in [3.05, 3.63) is 33.8 Å². The zero-order valence-electron chi connectivity index (χ0n) is 13.7. The molecule has 1 heterocycles.